The number of phenols is 1. The molecule has 1 fully saturated rings. The second-order valence-electron chi connectivity index (χ2n) is 6.83. The molecule has 146 valence electrons. The number of nitrogens with one attached hydrogen (secondary N) is 1. The molecule has 9 heteroatoms. The first-order valence-corrected chi connectivity index (χ1v) is 11.2. The molecule has 2 aliphatic heterocycles. The van der Waals surface area contributed by atoms with Crippen LogP contribution in [0.25, 0.3) is 0 Å². The molecule has 2 amide bonds. The number of H-pyrrole nitrogens is 1. The molecule has 0 aliphatic carbocycles. The average molecular weight is 489 g/mol. The van der Waals surface area contributed by atoms with Crippen LogP contribution in [0.2, 0.25) is 0 Å². The lowest BCUT2D eigenvalue weighted by atomic mass is 9.83. The fraction of sp³-hybridized carbons (Fsp3) is 0.150. The lowest BCUT2D eigenvalue weighted by Crippen LogP contribution is -2.32. The fourth-order valence-corrected chi connectivity index (χ4v) is 6.68. The number of rotatable bonds is 2. The van der Waals surface area contributed by atoms with Crippen molar-refractivity contribution in [3.63, 3.8) is 0 Å². The van der Waals surface area contributed by atoms with Crippen LogP contribution in [0.5, 0.6) is 5.75 Å². The van der Waals surface area contributed by atoms with Gasteiger partial charge in [0.25, 0.3) is 0 Å². The van der Waals surface area contributed by atoms with Gasteiger partial charge in [0.2, 0.25) is 11.8 Å². The van der Waals surface area contributed by atoms with Gasteiger partial charge >= 0.3 is 4.87 Å². The Morgan fingerprint density at radius 1 is 0.966 bits per heavy atom. The van der Waals surface area contributed by atoms with E-state index in [2.05, 4.69) is 20.9 Å². The Kier molecular flexibility index (Phi) is 4.41. The van der Waals surface area contributed by atoms with Crippen molar-refractivity contribution in [3.8, 4) is 5.75 Å². The van der Waals surface area contributed by atoms with Gasteiger partial charge in [-0.3, -0.25) is 14.4 Å². The summed E-state index contributed by atoms with van der Waals surface area (Å²) in [4.78, 5) is 43.3. The maximum Gasteiger partial charge on any atom is 0.305 e. The molecule has 29 heavy (non-hydrogen) atoms. The molecule has 2 N–H and O–H groups in total. The van der Waals surface area contributed by atoms with Crippen LogP contribution in [0.1, 0.15) is 16.4 Å². The van der Waals surface area contributed by atoms with Gasteiger partial charge in [0.1, 0.15) is 11.0 Å². The van der Waals surface area contributed by atoms with Crippen LogP contribution in [0.3, 0.4) is 0 Å². The maximum atomic E-state index is 13.4. The van der Waals surface area contributed by atoms with Gasteiger partial charge in [0.05, 0.1) is 16.6 Å². The normalized spacial score (nSPS) is 23.2. The average Bonchev–Trinajstić information content (AvgIpc) is 3.19. The van der Waals surface area contributed by atoms with Gasteiger partial charge in [0, 0.05) is 15.3 Å². The first-order valence-electron chi connectivity index (χ1n) is 8.76. The van der Waals surface area contributed by atoms with E-state index in [0.717, 1.165) is 26.3 Å². The Balaban J connectivity index is 1.64. The van der Waals surface area contributed by atoms with Crippen LogP contribution in [-0.4, -0.2) is 27.2 Å². The number of nitrogens with zero attached hydrogens (tertiary/aromatic N) is 1. The van der Waals surface area contributed by atoms with Crippen LogP contribution in [0, 0.1) is 5.92 Å². The second kappa shape index (κ2) is 6.86. The number of anilines is 1. The highest BCUT2D eigenvalue weighted by Gasteiger charge is 2.56. The smallest absolute Gasteiger partial charge is 0.305 e. The Morgan fingerprint density at radius 3 is 2.34 bits per heavy atom. The summed E-state index contributed by atoms with van der Waals surface area (Å²) in [5.74, 6) is -1.51. The van der Waals surface area contributed by atoms with E-state index in [1.54, 1.807) is 48.5 Å². The molecule has 5 rings (SSSR count). The van der Waals surface area contributed by atoms with Gasteiger partial charge in [0.15, 0.2) is 0 Å². The van der Waals surface area contributed by atoms with E-state index < -0.39 is 17.1 Å². The number of carbonyl (C=O) groups is 2. The molecule has 6 nitrogen and oxygen atoms in total. The number of carbonyl (C=O) groups excluding carboxylic acids is 2. The highest BCUT2D eigenvalue weighted by molar-refractivity contribution is 9.10. The third-order valence-corrected chi connectivity index (χ3v) is 8.09. The minimum atomic E-state index is -0.625. The molecule has 0 saturated carbocycles. The second-order valence-corrected chi connectivity index (χ2v) is 9.91. The Hall–Kier alpha value is -2.36. The third-order valence-electron chi connectivity index (χ3n) is 5.16. The lowest BCUT2D eigenvalue weighted by molar-refractivity contribution is -0.122. The molecule has 2 aliphatic rings. The number of thiazole rings is 1. The fourth-order valence-electron chi connectivity index (χ4n) is 3.90. The predicted molar refractivity (Wildman–Crippen MR) is 115 cm³/mol. The first kappa shape index (κ1) is 18.7. The van der Waals surface area contributed by atoms with Crippen molar-refractivity contribution in [1.82, 2.24) is 4.98 Å². The van der Waals surface area contributed by atoms with Crippen LogP contribution >= 0.6 is 39.0 Å². The zero-order valence-corrected chi connectivity index (χ0v) is 17.9. The number of aromatic hydroxyl groups is 1. The summed E-state index contributed by atoms with van der Waals surface area (Å²) in [6, 6.07) is 13.6. The van der Waals surface area contributed by atoms with E-state index >= 15 is 0 Å². The molecule has 3 aromatic rings. The number of aromatic amines is 1. The maximum absolute atomic E-state index is 13.4. The molecule has 2 aromatic carbocycles. The van der Waals surface area contributed by atoms with Crippen molar-refractivity contribution in [2.45, 2.75) is 16.2 Å². The van der Waals surface area contributed by atoms with Crippen molar-refractivity contribution in [2.24, 2.45) is 5.92 Å². The largest absolute Gasteiger partial charge is 0.508 e. The molecular weight excluding hydrogens is 476 g/mol. The number of benzene rings is 2. The molecule has 1 aromatic heterocycles. The summed E-state index contributed by atoms with van der Waals surface area (Å²) < 4.78 is 0.855. The Bertz CT molecular complexity index is 1190. The van der Waals surface area contributed by atoms with E-state index in [0.29, 0.717) is 10.7 Å². The van der Waals surface area contributed by atoms with Crippen molar-refractivity contribution >= 4 is 56.5 Å². The van der Waals surface area contributed by atoms with Crippen molar-refractivity contribution in [3.05, 3.63) is 73.1 Å². The third kappa shape index (κ3) is 2.95. The SMILES string of the molecule is O=C1[C@@H]2[C@@H](c3ccc(O)cc3)c3sc(=O)[nH]c3S[C@H]2C(=O)N1c1ccc(Br)cc1. The van der Waals surface area contributed by atoms with Crippen molar-refractivity contribution in [1.29, 1.82) is 0 Å². The molecule has 3 atom stereocenters. The van der Waals surface area contributed by atoms with Crippen LogP contribution in [-0.2, 0) is 9.59 Å². The predicted octanol–water partition coefficient (Wildman–Crippen LogP) is 3.70. The van der Waals surface area contributed by atoms with Crippen molar-refractivity contribution < 1.29 is 14.7 Å². The number of amides is 2. The van der Waals surface area contributed by atoms with Gasteiger partial charge < -0.3 is 10.1 Å². The number of hydrogen-bond donors (Lipinski definition) is 2. The van der Waals surface area contributed by atoms with Crippen molar-refractivity contribution in [2.75, 3.05) is 4.90 Å². The number of phenolic OH excluding ortho intramolecular Hbond substituents is 1. The van der Waals surface area contributed by atoms with Gasteiger partial charge in [-0.05, 0) is 42.0 Å². The quantitative estimate of drug-likeness (QED) is 0.536. The number of fused-ring (bicyclic) bond motifs is 2. The van der Waals surface area contributed by atoms with E-state index in [4.69, 9.17) is 0 Å². The van der Waals surface area contributed by atoms with Crippen LogP contribution in [0.4, 0.5) is 5.69 Å². The van der Waals surface area contributed by atoms with Gasteiger partial charge in [-0.2, -0.15) is 0 Å². The molecular formula is C20H13BrN2O4S2. The minimum Gasteiger partial charge on any atom is -0.508 e. The highest BCUT2D eigenvalue weighted by atomic mass is 79.9. The van der Waals surface area contributed by atoms with Gasteiger partial charge in [-0.1, -0.05) is 51.2 Å². The molecule has 0 radical (unpaired) electrons. The van der Waals surface area contributed by atoms with E-state index in [1.807, 2.05) is 0 Å². The first-order chi connectivity index (χ1) is 13.9. The summed E-state index contributed by atoms with van der Waals surface area (Å²) in [6.07, 6.45) is 0. The minimum absolute atomic E-state index is 0.114. The zero-order valence-electron chi connectivity index (χ0n) is 14.7. The van der Waals surface area contributed by atoms with Gasteiger partial charge in [-0.25, -0.2) is 4.90 Å². The molecule has 1 saturated heterocycles. The van der Waals surface area contributed by atoms with Crippen LogP contribution < -0.4 is 9.77 Å². The monoisotopic (exact) mass is 488 g/mol. The number of aromatic nitrogens is 1. The topological polar surface area (TPSA) is 90.5 Å². The van der Waals surface area contributed by atoms with Gasteiger partial charge in [-0.15, -0.1) is 0 Å². The molecule has 3 heterocycles. The molecule has 0 unspecified atom stereocenters. The van der Waals surface area contributed by atoms with Crippen LogP contribution in [0.15, 0.2) is 62.8 Å². The molecule has 0 spiro atoms. The molecule has 0 bridgehead atoms. The van der Waals surface area contributed by atoms with E-state index in [1.165, 1.54) is 16.7 Å². The number of halogens is 1. The van der Waals surface area contributed by atoms with E-state index in [9.17, 15) is 19.5 Å². The standard InChI is InChI=1S/C20H13BrN2O4S2/c21-10-3-5-11(6-4-10)23-18(25)14-13(9-1-7-12(24)8-2-9)15-17(22-20(27)29-15)28-16(14)19(23)26/h1-8,13-14,16,24H,(H,22,27)/t13-,14-,16-/m1/s1. The summed E-state index contributed by atoms with van der Waals surface area (Å²) in [5.41, 5.74) is 1.31. The summed E-state index contributed by atoms with van der Waals surface area (Å²) in [7, 11) is 0. The Labute approximate surface area is 181 Å². The van der Waals surface area contributed by atoms with E-state index in [-0.39, 0.29) is 22.4 Å². The number of hydrogen-bond acceptors (Lipinski definition) is 6. The summed E-state index contributed by atoms with van der Waals surface area (Å²) in [5, 5.41) is 9.67. The zero-order chi connectivity index (χ0) is 20.3. The summed E-state index contributed by atoms with van der Waals surface area (Å²) in [6.45, 7) is 0. The number of imide groups is 1. The lowest BCUT2D eigenvalue weighted by Gasteiger charge is -2.29. The highest BCUT2D eigenvalue weighted by Crippen LogP contribution is 2.53. The Morgan fingerprint density at radius 2 is 1.66 bits per heavy atom. The number of thioether (sulfide) groups is 1. The summed E-state index contributed by atoms with van der Waals surface area (Å²) >= 11 is 5.68.